The number of morpholine rings is 1. The zero-order chi connectivity index (χ0) is 18.0. The number of benzene rings is 1. The van der Waals surface area contributed by atoms with Gasteiger partial charge in [0.2, 0.25) is 16.8 Å². The zero-order valence-electron chi connectivity index (χ0n) is 14.1. The predicted octanol–water partition coefficient (Wildman–Crippen LogP) is 1.83. The van der Waals surface area contributed by atoms with Crippen LogP contribution in [0.15, 0.2) is 39.9 Å². The molecule has 7 nitrogen and oxygen atoms in total. The molecule has 1 N–H and O–H groups in total. The number of hydrogen-bond donors (Lipinski definition) is 1. The number of ether oxygens (including phenoxy) is 3. The molecule has 9 heteroatoms. The summed E-state index contributed by atoms with van der Waals surface area (Å²) in [5.74, 6) is 1.41. The first-order valence-corrected chi connectivity index (χ1v) is 10.7. The van der Waals surface area contributed by atoms with E-state index in [1.54, 1.807) is 17.5 Å². The van der Waals surface area contributed by atoms with Gasteiger partial charge in [0.05, 0.1) is 13.2 Å². The van der Waals surface area contributed by atoms with Crippen molar-refractivity contribution in [3.05, 3.63) is 41.3 Å². The lowest BCUT2D eigenvalue weighted by Crippen LogP contribution is -2.43. The van der Waals surface area contributed by atoms with Crippen LogP contribution in [0.3, 0.4) is 0 Å². The van der Waals surface area contributed by atoms with Gasteiger partial charge in [0.1, 0.15) is 4.21 Å². The van der Waals surface area contributed by atoms with Gasteiger partial charge >= 0.3 is 0 Å². The van der Waals surface area contributed by atoms with Gasteiger partial charge in [-0.3, -0.25) is 4.90 Å². The van der Waals surface area contributed by atoms with Gasteiger partial charge in [0, 0.05) is 25.7 Å². The molecule has 1 unspecified atom stereocenters. The van der Waals surface area contributed by atoms with Gasteiger partial charge < -0.3 is 14.2 Å². The molecule has 1 aromatic carbocycles. The molecule has 0 amide bonds. The molecule has 1 atom stereocenters. The van der Waals surface area contributed by atoms with Crippen molar-refractivity contribution in [2.24, 2.45) is 0 Å². The van der Waals surface area contributed by atoms with Crippen LogP contribution in [-0.2, 0) is 14.8 Å². The second kappa shape index (κ2) is 7.53. The molecule has 0 radical (unpaired) electrons. The Kier molecular flexibility index (Phi) is 5.14. The van der Waals surface area contributed by atoms with Crippen LogP contribution < -0.4 is 14.2 Å². The maximum absolute atomic E-state index is 12.5. The highest BCUT2D eigenvalue weighted by molar-refractivity contribution is 7.91. The lowest BCUT2D eigenvalue weighted by atomic mass is 10.0. The van der Waals surface area contributed by atoms with Gasteiger partial charge in [-0.1, -0.05) is 12.1 Å². The molecule has 0 bridgehead atoms. The maximum atomic E-state index is 12.5. The molecule has 2 aliphatic rings. The summed E-state index contributed by atoms with van der Waals surface area (Å²) in [5.41, 5.74) is 0.991. The number of nitrogens with one attached hydrogen (secondary N) is 1. The second-order valence-electron chi connectivity index (χ2n) is 6.06. The highest BCUT2D eigenvalue weighted by Gasteiger charge is 2.27. The molecule has 1 aromatic heterocycles. The van der Waals surface area contributed by atoms with E-state index in [9.17, 15) is 8.42 Å². The van der Waals surface area contributed by atoms with Crippen molar-refractivity contribution in [3.8, 4) is 11.5 Å². The van der Waals surface area contributed by atoms with E-state index in [0.717, 1.165) is 18.7 Å². The molecule has 3 heterocycles. The van der Waals surface area contributed by atoms with Crippen LogP contribution in [0.25, 0.3) is 0 Å². The largest absolute Gasteiger partial charge is 0.454 e. The van der Waals surface area contributed by atoms with Gasteiger partial charge in [-0.05, 0) is 29.1 Å². The standard InChI is InChI=1S/C17H20N2O5S2/c20-26(21,17-2-1-9-25-17)18-11-14(19-5-7-22-8-6-19)13-3-4-15-16(10-13)24-12-23-15/h1-4,9-10,14,18H,5-8,11-12H2. The van der Waals surface area contributed by atoms with Gasteiger partial charge in [-0.25, -0.2) is 13.1 Å². The minimum Gasteiger partial charge on any atom is -0.454 e. The molecule has 0 aliphatic carbocycles. The number of thiophene rings is 1. The molecule has 4 rings (SSSR count). The topological polar surface area (TPSA) is 77.1 Å². The van der Waals surface area contributed by atoms with Crippen molar-refractivity contribution in [2.75, 3.05) is 39.6 Å². The average molecular weight is 396 g/mol. The van der Waals surface area contributed by atoms with Crippen LogP contribution in [0, 0.1) is 0 Å². The molecule has 0 spiro atoms. The molecular weight excluding hydrogens is 376 g/mol. The highest BCUT2D eigenvalue weighted by atomic mass is 32.2. The van der Waals surface area contributed by atoms with Crippen LogP contribution in [0.5, 0.6) is 11.5 Å². The van der Waals surface area contributed by atoms with Gasteiger partial charge in [-0.15, -0.1) is 11.3 Å². The van der Waals surface area contributed by atoms with Crippen molar-refractivity contribution in [2.45, 2.75) is 10.3 Å². The Bertz CT molecular complexity index is 848. The van der Waals surface area contributed by atoms with Gasteiger partial charge in [0.15, 0.2) is 11.5 Å². The van der Waals surface area contributed by atoms with Crippen LogP contribution in [0.1, 0.15) is 11.6 Å². The number of nitrogens with zero attached hydrogens (tertiary/aromatic N) is 1. The predicted molar refractivity (Wildman–Crippen MR) is 97.2 cm³/mol. The van der Waals surface area contributed by atoms with E-state index in [4.69, 9.17) is 14.2 Å². The fraction of sp³-hybridized carbons (Fsp3) is 0.412. The summed E-state index contributed by atoms with van der Waals surface area (Å²) in [6.45, 7) is 3.27. The Morgan fingerprint density at radius 2 is 1.96 bits per heavy atom. The minimum atomic E-state index is -3.52. The van der Waals surface area contributed by atoms with E-state index in [-0.39, 0.29) is 19.4 Å². The van der Waals surface area contributed by atoms with Crippen LogP contribution in [0.2, 0.25) is 0 Å². The highest BCUT2D eigenvalue weighted by Crippen LogP contribution is 2.35. The SMILES string of the molecule is O=S(=O)(NCC(c1ccc2c(c1)OCO2)N1CCOCC1)c1cccs1. The van der Waals surface area contributed by atoms with E-state index < -0.39 is 10.0 Å². The van der Waals surface area contributed by atoms with E-state index in [1.165, 1.54) is 11.3 Å². The second-order valence-corrected chi connectivity index (χ2v) is 9.00. The lowest BCUT2D eigenvalue weighted by Gasteiger charge is -2.34. The molecule has 140 valence electrons. The summed E-state index contributed by atoms with van der Waals surface area (Å²) >= 11 is 1.21. The Labute approximate surface area is 156 Å². The maximum Gasteiger partial charge on any atom is 0.250 e. The monoisotopic (exact) mass is 396 g/mol. The zero-order valence-corrected chi connectivity index (χ0v) is 15.7. The van der Waals surface area contributed by atoms with Crippen molar-refractivity contribution in [1.29, 1.82) is 0 Å². The summed E-state index contributed by atoms with van der Waals surface area (Å²) in [6.07, 6.45) is 0. The van der Waals surface area contributed by atoms with E-state index >= 15 is 0 Å². The number of sulfonamides is 1. The van der Waals surface area contributed by atoms with Crippen LogP contribution in [0.4, 0.5) is 0 Å². The Balaban J connectivity index is 1.57. The van der Waals surface area contributed by atoms with Crippen LogP contribution in [-0.4, -0.2) is 53.0 Å². The first-order chi connectivity index (χ1) is 12.6. The van der Waals surface area contributed by atoms with Crippen molar-refractivity contribution in [1.82, 2.24) is 9.62 Å². The summed E-state index contributed by atoms with van der Waals surface area (Å²) in [4.78, 5) is 2.23. The molecule has 1 fully saturated rings. The van der Waals surface area contributed by atoms with Crippen molar-refractivity contribution < 1.29 is 22.6 Å². The van der Waals surface area contributed by atoms with Gasteiger partial charge in [0.25, 0.3) is 0 Å². The third-order valence-electron chi connectivity index (χ3n) is 4.49. The minimum absolute atomic E-state index is 0.108. The first kappa shape index (κ1) is 17.7. The smallest absolute Gasteiger partial charge is 0.250 e. The fourth-order valence-corrected chi connectivity index (χ4v) is 5.22. The lowest BCUT2D eigenvalue weighted by molar-refractivity contribution is 0.0172. The Hall–Kier alpha value is -1.65. The molecule has 0 saturated carbocycles. The van der Waals surface area contributed by atoms with Crippen LogP contribution >= 0.6 is 11.3 Å². The quantitative estimate of drug-likeness (QED) is 0.803. The number of rotatable bonds is 6. The van der Waals surface area contributed by atoms with E-state index in [0.29, 0.717) is 28.9 Å². The Morgan fingerprint density at radius 3 is 2.73 bits per heavy atom. The summed E-state index contributed by atoms with van der Waals surface area (Å²) in [7, 11) is -3.52. The van der Waals surface area contributed by atoms with E-state index in [2.05, 4.69) is 9.62 Å². The van der Waals surface area contributed by atoms with E-state index in [1.807, 2.05) is 18.2 Å². The molecular formula is C17H20N2O5S2. The number of fused-ring (bicyclic) bond motifs is 1. The average Bonchev–Trinajstić information content (AvgIpc) is 3.34. The normalized spacial score (nSPS) is 18.8. The third kappa shape index (κ3) is 3.72. The molecule has 2 aliphatic heterocycles. The molecule has 2 aromatic rings. The molecule has 26 heavy (non-hydrogen) atoms. The summed E-state index contributed by atoms with van der Waals surface area (Å²) < 4.78 is 44.4. The number of hydrogen-bond acceptors (Lipinski definition) is 7. The Morgan fingerprint density at radius 1 is 1.15 bits per heavy atom. The third-order valence-corrected chi connectivity index (χ3v) is 7.32. The summed E-state index contributed by atoms with van der Waals surface area (Å²) in [6, 6.07) is 9.00. The first-order valence-electron chi connectivity index (χ1n) is 8.38. The molecule has 1 saturated heterocycles. The van der Waals surface area contributed by atoms with Gasteiger partial charge in [-0.2, -0.15) is 0 Å². The fourth-order valence-electron chi connectivity index (χ4n) is 3.14. The van der Waals surface area contributed by atoms with Crippen molar-refractivity contribution in [3.63, 3.8) is 0 Å². The van der Waals surface area contributed by atoms with Crippen molar-refractivity contribution >= 4 is 21.4 Å². The summed E-state index contributed by atoms with van der Waals surface area (Å²) in [5, 5.41) is 1.76.